The summed E-state index contributed by atoms with van der Waals surface area (Å²) in [4.78, 5) is 66.7. The maximum absolute atomic E-state index is 13.4. The number of carbonyl (C=O) groups excluding carboxylic acids is 4. The first-order chi connectivity index (χ1) is 19.4. The number of hydrogen-bond acceptors (Lipinski definition) is 15. The average Bonchev–Trinajstić information content (AvgIpc) is 3.59. The number of rotatable bonds is 10. The van der Waals surface area contributed by atoms with Gasteiger partial charge in [-0.1, -0.05) is 16.9 Å². The van der Waals surface area contributed by atoms with Gasteiger partial charge in [-0.3, -0.25) is 19.3 Å². The highest BCUT2D eigenvalue weighted by molar-refractivity contribution is 8.01. The number of oxime groups is 1. The van der Waals surface area contributed by atoms with Gasteiger partial charge in [0.15, 0.2) is 10.1 Å². The van der Waals surface area contributed by atoms with Gasteiger partial charge in [-0.2, -0.15) is 4.37 Å². The van der Waals surface area contributed by atoms with Gasteiger partial charge >= 0.3 is 11.9 Å². The molecule has 0 radical (unpaired) electrons. The molecule has 0 aromatic carbocycles. The summed E-state index contributed by atoms with van der Waals surface area (Å²) in [7, 11) is 1.30. The van der Waals surface area contributed by atoms with Crippen LogP contribution in [0.3, 0.4) is 0 Å². The molecule has 1 N–H and O–H groups in total. The fourth-order valence-corrected chi connectivity index (χ4v) is 7.33. The van der Waals surface area contributed by atoms with Crippen molar-refractivity contribution in [2.24, 2.45) is 10.6 Å². The Morgan fingerprint density at radius 3 is 2.66 bits per heavy atom. The van der Waals surface area contributed by atoms with Gasteiger partial charge in [0.05, 0.1) is 10.9 Å². The Morgan fingerprint density at radius 1 is 1.29 bits per heavy atom. The lowest BCUT2D eigenvalue weighted by Crippen LogP contribution is -2.71. The third-order valence-corrected chi connectivity index (χ3v) is 9.57. The fraction of sp³-hybridized carbons (Fsp3) is 0.500. The third kappa shape index (κ3) is 7.07. The molecule has 2 aliphatic rings. The van der Waals surface area contributed by atoms with E-state index in [9.17, 15) is 19.2 Å². The zero-order chi connectivity index (χ0) is 29.9. The minimum Gasteiger partial charge on any atom is -0.425 e. The van der Waals surface area contributed by atoms with E-state index in [0.717, 1.165) is 4.34 Å². The Hall–Kier alpha value is -3.02. The largest absolute Gasteiger partial charge is 0.425 e. The summed E-state index contributed by atoms with van der Waals surface area (Å²) in [5.74, 6) is -1.10. The highest BCUT2D eigenvalue weighted by atomic mass is 32.2. The van der Waals surface area contributed by atoms with Crippen LogP contribution >= 0.6 is 46.4 Å². The number of esters is 2. The molecule has 0 bridgehead atoms. The molecular formula is C24H28N6O7S4. The molecular weight excluding hydrogens is 613 g/mol. The van der Waals surface area contributed by atoms with Crippen molar-refractivity contribution in [3.8, 4) is 0 Å². The molecule has 2 amide bonds. The van der Waals surface area contributed by atoms with Crippen LogP contribution in [0, 0.1) is 12.3 Å². The highest BCUT2D eigenvalue weighted by Gasteiger charge is 2.55. The minimum absolute atomic E-state index is 0.0573. The maximum Gasteiger partial charge on any atom is 0.358 e. The average molecular weight is 641 g/mol. The van der Waals surface area contributed by atoms with Gasteiger partial charge in [-0.15, -0.1) is 23.1 Å². The molecule has 17 heteroatoms. The number of carbonyl (C=O) groups is 4. The second-order valence-electron chi connectivity index (χ2n) is 9.83. The summed E-state index contributed by atoms with van der Waals surface area (Å²) in [6.07, 6.45) is -1.19. The van der Waals surface area contributed by atoms with Crippen molar-refractivity contribution in [1.29, 1.82) is 0 Å². The monoisotopic (exact) mass is 640 g/mol. The molecule has 220 valence electrons. The molecule has 0 aliphatic carbocycles. The Balaban J connectivity index is 1.54. The van der Waals surface area contributed by atoms with Gasteiger partial charge in [-0.25, -0.2) is 14.8 Å². The summed E-state index contributed by atoms with van der Waals surface area (Å²) in [6, 6.07) is -0.924. The normalized spacial score (nSPS) is 19.7. The van der Waals surface area contributed by atoms with Crippen LogP contribution in [0.2, 0.25) is 0 Å². The Labute approximate surface area is 252 Å². The molecule has 4 rings (SSSR count). The first-order valence-electron chi connectivity index (χ1n) is 12.2. The van der Waals surface area contributed by atoms with Gasteiger partial charge < -0.3 is 19.6 Å². The predicted octanol–water partition coefficient (Wildman–Crippen LogP) is 2.58. The van der Waals surface area contributed by atoms with Crippen LogP contribution in [-0.2, 0) is 33.5 Å². The zero-order valence-electron chi connectivity index (χ0n) is 23.0. The Bertz CT molecular complexity index is 1380. The van der Waals surface area contributed by atoms with E-state index >= 15 is 0 Å². The number of amides is 2. The SMILES string of the molecule is CO/N=C(\C(=O)NC1C(=O)N2C(C(=O)OC(C)OC(=O)C(C)(C)C)=C(CSc3nc(C)ns3)CS[C@@H]12)c1cscn1. The lowest BCUT2D eigenvalue weighted by molar-refractivity contribution is -0.190. The van der Waals surface area contributed by atoms with Crippen molar-refractivity contribution in [2.45, 2.75) is 56.7 Å². The summed E-state index contributed by atoms with van der Waals surface area (Å²) >= 11 is 5.31. The molecule has 3 atom stereocenters. The summed E-state index contributed by atoms with van der Waals surface area (Å²) in [6.45, 7) is 8.28. The number of fused-ring (bicyclic) bond motifs is 1. The lowest BCUT2D eigenvalue weighted by Gasteiger charge is -2.49. The molecule has 4 heterocycles. The number of hydrogen-bond donors (Lipinski definition) is 1. The number of aromatic nitrogens is 3. The Kier molecular flexibility index (Phi) is 9.71. The van der Waals surface area contributed by atoms with E-state index in [0.29, 0.717) is 28.6 Å². The van der Waals surface area contributed by atoms with Crippen molar-refractivity contribution < 1.29 is 33.5 Å². The molecule has 41 heavy (non-hydrogen) atoms. The number of aryl methyl sites for hydroxylation is 1. The van der Waals surface area contributed by atoms with E-state index < -0.39 is 46.9 Å². The molecule has 1 saturated heterocycles. The molecule has 2 aliphatic heterocycles. The third-order valence-electron chi connectivity index (χ3n) is 5.64. The summed E-state index contributed by atoms with van der Waals surface area (Å²) in [5.41, 5.74) is 1.69. The second-order valence-corrected chi connectivity index (χ2v) is 13.6. The van der Waals surface area contributed by atoms with Gasteiger partial charge in [0.2, 0.25) is 6.29 Å². The van der Waals surface area contributed by atoms with Crippen LogP contribution < -0.4 is 5.32 Å². The summed E-state index contributed by atoms with van der Waals surface area (Å²) in [5, 5.41) is 7.53. The van der Waals surface area contributed by atoms with Gasteiger partial charge in [0.1, 0.15) is 35.7 Å². The van der Waals surface area contributed by atoms with Crippen molar-refractivity contribution in [3.63, 3.8) is 0 Å². The van der Waals surface area contributed by atoms with Crippen LogP contribution in [0.4, 0.5) is 0 Å². The first-order valence-corrected chi connectivity index (χ1v) is 16.0. The molecule has 2 unspecified atom stereocenters. The lowest BCUT2D eigenvalue weighted by atomic mass is 9.97. The standard InChI is InChI=1S/C24H28N6O7S4/c1-11-26-23(41-29-11)40-8-13-7-39-20-16(27-18(31)15(28-35-6)14-9-38-10-25-14)19(32)30(20)17(13)21(33)36-12(2)37-22(34)24(3,4)5/h9-10,12,16,20H,7-8H2,1-6H3,(H,27,31)/b28-15-/t12?,16?,20-/m0/s1. The van der Waals surface area contributed by atoms with Crippen LogP contribution in [-0.4, -0.2) is 85.0 Å². The number of ether oxygens (including phenoxy) is 2. The molecule has 13 nitrogen and oxygen atoms in total. The number of nitrogens with one attached hydrogen (secondary N) is 1. The van der Waals surface area contributed by atoms with Gasteiger partial charge in [0.25, 0.3) is 11.8 Å². The molecule has 2 aromatic heterocycles. The number of thiazole rings is 1. The van der Waals surface area contributed by atoms with Gasteiger partial charge in [-0.05, 0) is 44.8 Å². The van der Waals surface area contributed by atoms with Crippen molar-refractivity contribution in [2.75, 3.05) is 18.6 Å². The van der Waals surface area contributed by atoms with E-state index in [2.05, 4.69) is 24.8 Å². The Morgan fingerprint density at radius 2 is 2.05 bits per heavy atom. The quantitative estimate of drug-likeness (QED) is 0.101. The van der Waals surface area contributed by atoms with Crippen LogP contribution in [0.5, 0.6) is 0 Å². The van der Waals surface area contributed by atoms with Gasteiger partial charge in [0, 0.05) is 23.8 Å². The smallest absolute Gasteiger partial charge is 0.358 e. The maximum atomic E-state index is 13.4. The number of nitrogens with zero attached hydrogens (tertiary/aromatic N) is 5. The van der Waals surface area contributed by atoms with Crippen molar-refractivity contribution in [1.82, 2.24) is 24.6 Å². The van der Waals surface area contributed by atoms with Crippen molar-refractivity contribution in [3.05, 3.63) is 33.7 Å². The van der Waals surface area contributed by atoms with Crippen LogP contribution in [0.25, 0.3) is 0 Å². The number of thioether (sulfide) groups is 2. The topological polar surface area (TPSA) is 162 Å². The van der Waals surface area contributed by atoms with E-state index in [1.165, 1.54) is 65.3 Å². The van der Waals surface area contributed by atoms with E-state index in [4.69, 9.17) is 14.3 Å². The minimum atomic E-state index is -1.19. The molecule has 1 fully saturated rings. The highest BCUT2D eigenvalue weighted by Crippen LogP contribution is 2.42. The molecule has 0 saturated carbocycles. The van der Waals surface area contributed by atoms with Crippen molar-refractivity contribution >= 4 is 75.9 Å². The summed E-state index contributed by atoms with van der Waals surface area (Å²) < 4.78 is 15.7. The van der Waals surface area contributed by atoms with Crippen LogP contribution in [0.1, 0.15) is 39.2 Å². The van der Waals surface area contributed by atoms with E-state index in [1.54, 1.807) is 38.6 Å². The number of β-lactam (4-membered cyclic amide) rings is 1. The van der Waals surface area contributed by atoms with Crippen LogP contribution in [0.15, 0.2) is 31.7 Å². The zero-order valence-corrected chi connectivity index (χ0v) is 26.3. The first kappa shape index (κ1) is 30.9. The van der Waals surface area contributed by atoms with E-state index in [1.807, 2.05) is 0 Å². The molecule has 2 aromatic rings. The second kappa shape index (κ2) is 12.9. The predicted molar refractivity (Wildman–Crippen MR) is 154 cm³/mol. The fourth-order valence-electron chi connectivity index (χ4n) is 3.66. The van der Waals surface area contributed by atoms with E-state index in [-0.39, 0.29) is 11.4 Å². The molecule has 0 spiro atoms.